The highest BCUT2D eigenvalue weighted by molar-refractivity contribution is 6.46. The molecule has 2 aliphatic rings. The van der Waals surface area contributed by atoms with E-state index in [0.717, 1.165) is 37.2 Å². The molecule has 1 N–H and O–H groups in total. The number of carbonyl (C=O) groups excluding carboxylic acids is 2. The van der Waals surface area contributed by atoms with Crippen LogP contribution in [0, 0.1) is 0 Å². The molecule has 8 heteroatoms. The predicted octanol–water partition coefficient (Wildman–Crippen LogP) is 3.69. The van der Waals surface area contributed by atoms with E-state index in [0.29, 0.717) is 44.2 Å². The third-order valence-corrected chi connectivity index (χ3v) is 6.90. The molecule has 2 saturated heterocycles. The summed E-state index contributed by atoms with van der Waals surface area (Å²) in [6.45, 7) is 6.56. The van der Waals surface area contributed by atoms with Crippen LogP contribution in [-0.2, 0) is 14.3 Å². The number of anilines is 1. The minimum Gasteiger partial charge on any atom is -0.507 e. The first-order valence-corrected chi connectivity index (χ1v) is 13.0. The molecule has 8 nitrogen and oxygen atoms in total. The Morgan fingerprint density at radius 1 is 1.08 bits per heavy atom. The number of unbranched alkanes of at least 4 members (excludes halogenated alkanes) is 1. The summed E-state index contributed by atoms with van der Waals surface area (Å²) in [7, 11) is 3.91. The fraction of sp³-hybridized carbons (Fsp3) is 0.448. The lowest BCUT2D eigenvalue weighted by molar-refractivity contribution is -0.140. The van der Waals surface area contributed by atoms with Crippen LogP contribution in [0.2, 0.25) is 0 Å². The minimum atomic E-state index is -0.679. The highest BCUT2D eigenvalue weighted by Gasteiger charge is 2.46. The van der Waals surface area contributed by atoms with Gasteiger partial charge in [0.15, 0.2) is 0 Å². The van der Waals surface area contributed by atoms with E-state index in [-0.39, 0.29) is 11.3 Å². The Kier molecular flexibility index (Phi) is 8.84. The van der Waals surface area contributed by atoms with Gasteiger partial charge in [0, 0.05) is 51.5 Å². The SMILES string of the molecule is CCCCOc1cccc(/C(O)=C2\C(=O)C(=O)N(CCN3CCOCC3)C2c2ccc(N(C)C)cc2)c1. The van der Waals surface area contributed by atoms with Crippen molar-refractivity contribution in [3.8, 4) is 5.75 Å². The van der Waals surface area contributed by atoms with Gasteiger partial charge in [-0.2, -0.15) is 0 Å². The predicted molar refractivity (Wildman–Crippen MR) is 144 cm³/mol. The number of ketones is 1. The van der Waals surface area contributed by atoms with E-state index >= 15 is 0 Å². The monoisotopic (exact) mass is 507 g/mol. The van der Waals surface area contributed by atoms with Crippen LogP contribution in [0.25, 0.3) is 5.76 Å². The number of likely N-dealkylation sites (tertiary alicyclic amines) is 1. The van der Waals surface area contributed by atoms with Crippen LogP contribution in [0.3, 0.4) is 0 Å². The number of rotatable bonds is 10. The molecule has 2 aliphatic heterocycles. The van der Waals surface area contributed by atoms with Gasteiger partial charge in [0.1, 0.15) is 11.5 Å². The number of morpholine rings is 1. The summed E-state index contributed by atoms with van der Waals surface area (Å²) in [5.41, 5.74) is 2.35. The van der Waals surface area contributed by atoms with Crippen LogP contribution in [0.4, 0.5) is 5.69 Å². The standard InChI is InChI=1S/C29H37N3O5/c1-4-5-17-37-24-8-6-7-22(20-24)27(33)25-26(21-9-11-23(12-10-21)30(2)3)32(29(35)28(25)34)14-13-31-15-18-36-19-16-31/h6-12,20,26,33H,4-5,13-19H2,1-3H3/b27-25+. The molecule has 0 spiro atoms. The molecule has 1 atom stereocenters. The van der Waals surface area contributed by atoms with Crippen LogP contribution in [0.15, 0.2) is 54.1 Å². The number of benzene rings is 2. The van der Waals surface area contributed by atoms with Gasteiger partial charge in [0.25, 0.3) is 11.7 Å². The number of aliphatic hydroxyl groups is 1. The number of amides is 1. The number of hydrogen-bond donors (Lipinski definition) is 1. The van der Waals surface area contributed by atoms with Crippen LogP contribution in [0.5, 0.6) is 5.75 Å². The van der Waals surface area contributed by atoms with E-state index in [9.17, 15) is 14.7 Å². The summed E-state index contributed by atoms with van der Waals surface area (Å²) >= 11 is 0. The second kappa shape index (κ2) is 12.3. The maximum atomic E-state index is 13.4. The second-order valence-electron chi connectivity index (χ2n) is 9.66. The highest BCUT2D eigenvalue weighted by Crippen LogP contribution is 2.40. The van der Waals surface area contributed by atoms with Crippen molar-refractivity contribution in [3.05, 3.63) is 65.2 Å². The minimum absolute atomic E-state index is 0.107. The van der Waals surface area contributed by atoms with Gasteiger partial charge in [0.2, 0.25) is 0 Å². The zero-order valence-corrected chi connectivity index (χ0v) is 22.0. The van der Waals surface area contributed by atoms with Gasteiger partial charge in [-0.15, -0.1) is 0 Å². The molecular formula is C29H37N3O5. The zero-order valence-electron chi connectivity index (χ0n) is 22.0. The number of Topliss-reactive ketones (excluding diaryl/α,β-unsaturated/α-hetero) is 1. The number of aliphatic hydroxyl groups excluding tert-OH is 1. The van der Waals surface area contributed by atoms with Gasteiger partial charge >= 0.3 is 0 Å². The van der Waals surface area contributed by atoms with Crippen molar-refractivity contribution in [2.45, 2.75) is 25.8 Å². The maximum absolute atomic E-state index is 13.4. The van der Waals surface area contributed by atoms with E-state index in [1.165, 1.54) is 0 Å². The lowest BCUT2D eigenvalue weighted by Crippen LogP contribution is -2.42. The highest BCUT2D eigenvalue weighted by atomic mass is 16.5. The van der Waals surface area contributed by atoms with E-state index in [1.807, 2.05) is 49.3 Å². The van der Waals surface area contributed by atoms with Crippen molar-refractivity contribution in [1.82, 2.24) is 9.80 Å². The normalized spacial score (nSPS) is 19.9. The number of ether oxygens (including phenoxy) is 2. The van der Waals surface area contributed by atoms with Crippen LogP contribution in [-0.4, -0.2) is 86.7 Å². The van der Waals surface area contributed by atoms with Gasteiger partial charge in [0.05, 0.1) is 31.4 Å². The fourth-order valence-corrected chi connectivity index (χ4v) is 4.71. The molecule has 1 unspecified atom stereocenters. The Bertz CT molecular complexity index is 1120. The molecule has 2 heterocycles. The second-order valence-corrected chi connectivity index (χ2v) is 9.66. The Hall–Kier alpha value is -3.36. The Morgan fingerprint density at radius 3 is 2.49 bits per heavy atom. The van der Waals surface area contributed by atoms with Gasteiger partial charge in [-0.3, -0.25) is 14.5 Å². The Morgan fingerprint density at radius 2 is 1.81 bits per heavy atom. The summed E-state index contributed by atoms with van der Waals surface area (Å²) in [6, 6.07) is 14.1. The molecular weight excluding hydrogens is 470 g/mol. The van der Waals surface area contributed by atoms with Gasteiger partial charge in [-0.1, -0.05) is 37.6 Å². The average molecular weight is 508 g/mol. The number of nitrogens with zero attached hydrogens (tertiary/aromatic N) is 3. The number of carbonyl (C=O) groups is 2. The van der Waals surface area contributed by atoms with E-state index < -0.39 is 17.7 Å². The molecule has 2 aromatic carbocycles. The van der Waals surface area contributed by atoms with Crippen molar-refractivity contribution in [2.75, 3.05) is 65.0 Å². The molecule has 198 valence electrons. The summed E-state index contributed by atoms with van der Waals surface area (Å²) in [6.07, 6.45) is 1.94. The van der Waals surface area contributed by atoms with Crippen molar-refractivity contribution >= 4 is 23.1 Å². The van der Waals surface area contributed by atoms with Crippen LogP contribution < -0.4 is 9.64 Å². The summed E-state index contributed by atoms with van der Waals surface area (Å²) in [4.78, 5) is 32.4. The fourth-order valence-electron chi connectivity index (χ4n) is 4.71. The largest absolute Gasteiger partial charge is 0.507 e. The van der Waals surface area contributed by atoms with Gasteiger partial charge in [-0.25, -0.2) is 0 Å². The van der Waals surface area contributed by atoms with E-state index in [1.54, 1.807) is 23.1 Å². The van der Waals surface area contributed by atoms with Crippen molar-refractivity contribution in [2.24, 2.45) is 0 Å². The first-order valence-electron chi connectivity index (χ1n) is 13.0. The molecule has 2 aromatic rings. The van der Waals surface area contributed by atoms with Crippen molar-refractivity contribution < 1.29 is 24.2 Å². The quantitative estimate of drug-likeness (QED) is 0.227. The van der Waals surface area contributed by atoms with E-state index in [2.05, 4.69) is 11.8 Å². The van der Waals surface area contributed by atoms with Gasteiger partial charge in [-0.05, 0) is 36.2 Å². The third-order valence-electron chi connectivity index (χ3n) is 6.90. The first kappa shape index (κ1) is 26.7. The smallest absolute Gasteiger partial charge is 0.295 e. The van der Waals surface area contributed by atoms with Crippen LogP contribution in [0.1, 0.15) is 36.9 Å². The van der Waals surface area contributed by atoms with Crippen molar-refractivity contribution in [3.63, 3.8) is 0 Å². The molecule has 1 amide bonds. The average Bonchev–Trinajstić information content (AvgIpc) is 3.17. The Labute approximate surface area is 219 Å². The summed E-state index contributed by atoms with van der Waals surface area (Å²) in [5.74, 6) is -0.828. The lowest BCUT2D eigenvalue weighted by Gasteiger charge is -2.31. The van der Waals surface area contributed by atoms with Crippen LogP contribution >= 0.6 is 0 Å². The molecule has 2 fully saturated rings. The zero-order chi connectivity index (χ0) is 26.4. The summed E-state index contributed by atoms with van der Waals surface area (Å²) < 4.78 is 11.2. The third kappa shape index (κ3) is 6.14. The lowest BCUT2D eigenvalue weighted by atomic mass is 9.95. The summed E-state index contributed by atoms with van der Waals surface area (Å²) in [5, 5.41) is 11.4. The molecule has 0 aliphatic carbocycles. The number of hydrogen-bond acceptors (Lipinski definition) is 7. The molecule has 0 radical (unpaired) electrons. The molecule has 0 saturated carbocycles. The molecule has 0 aromatic heterocycles. The van der Waals surface area contributed by atoms with Gasteiger partial charge < -0.3 is 24.4 Å². The van der Waals surface area contributed by atoms with Crippen molar-refractivity contribution in [1.29, 1.82) is 0 Å². The topological polar surface area (TPSA) is 82.5 Å². The molecule has 37 heavy (non-hydrogen) atoms. The maximum Gasteiger partial charge on any atom is 0.295 e. The first-order chi connectivity index (χ1) is 17.9. The molecule has 0 bridgehead atoms. The molecule has 4 rings (SSSR count). The Balaban J connectivity index is 1.70. The van der Waals surface area contributed by atoms with E-state index in [4.69, 9.17) is 9.47 Å².